The number of anilines is 1. The van der Waals surface area contributed by atoms with E-state index >= 15 is 0 Å². The Hall–Kier alpha value is -6.43. The standard InChI is InChI=1S/C41H41N5O7/c1-24-32(33-21-28(52-6)11-15-35(33)46(24)23-47)22-38(48)42-16-7-17-43-40(49)25-8-12-29(41(50)51)34(18-25)39-30-13-9-26(44(2)3)19-36(30)53-37-20-27(45(4)5)10-14-31(37)39/h8-15,18-21,23H,7,16-17,22H2,1-6H3,(H2-,42,43,48,49,50,51)/p+1. The second-order valence-corrected chi connectivity index (χ2v) is 13.3. The predicted molar refractivity (Wildman–Crippen MR) is 206 cm³/mol. The number of fused-ring (bicyclic) bond motifs is 3. The predicted octanol–water partition coefficient (Wildman–Crippen LogP) is 4.79. The van der Waals surface area contributed by atoms with Crippen molar-refractivity contribution in [2.45, 2.75) is 19.8 Å². The summed E-state index contributed by atoms with van der Waals surface area (Å²) in [5.74, 6) is -0.511. The lowest BCUT2D eigenvalue weighted by molar-refractivity contribution is -0.120. The van der Waals surface area contributed by atoms with Crippen LogP contribution in [-0.4, -0.2) is 82.3 Å². The Morgan fingerprint density at radius 2 is 1.70 bits per heavy atom. The number of hydrogen-bond acceptors (Lipinski definition) is 7. The number of ether oxygens (including phenoxy) is 1. The third kappa shape index (κ3) is 7.21. The van der Waals surface area contributed by atoms with Crippen LogP contribution in [0, 0.1) is 6.92 Å². The highest BCUT2D eigenvalue weighted by atomic mass is 16.5. The fourth-order valence-corrected chi connectivity index (χ4v) is 6.61. The normalized spacial score (nSPS) is 11.1. The van der Waals surface area contributed by atoms with Crippen LogP contribution >= 0.6 is 0 Å². The number of methoxy groups -OCH3 is 1. The van der Waals surface area contributed by atoms with Gasteiger partial charge in [0.25, 0.3) is 5.91 Å². The zero-order valence-electron chi connectivity index (χ0n) is 30.6. The van der Waals surface area contributed by atoms with Gasteiger partial charge >= 0.3 is 5.97 Å². The largest absolute Gasteiger partial charge is 0.497 e. The Kier molecular flexibility index (Phi) is 10.3. The second kappa shape index (κ2) is 15.0. The Balaban J connectivity index is 1.21. The molecule has 2 aliphatic rings. The van der Waals surface area contributed by atoms with Gasteiger partial charge < -0.3 is 29.8 Å². The van der Waals surface area contributed by atoms with Gasteiger partial charge in [0.05, 0.1) is 30.7 Å². The molecule has 0 radical (unpaired) electrons. The number of carboxylic acid groups (broad SMARTS) is 1. The van der Waals surface area contributed by atoms with Gasteiger partial charge in [0.15, 0.2) is 0 Å². The zero-order valence-corrected chi connectivity index (χ0v) is 30.6. The van der Waals surface area contributed by atoms with Gasteiger partial charge in [-0.1, -0.05) is 0 Å². The number of aromatic carboxylic acids is 1. The van der Waals surface area contributed by atoms with E-state index in [0.717, 1.165) is 28.4 Å². The molecule has 0 saturated heterocycles. The first-order chi connectivity index (χ1) is 25.4. The quantitative estimate of drug-likeness (QED) is 0.0710. The minimum absolute atomic E-state index is 0.0522. The van der Waals surface area contributed by atoms with Crippen LogP contribution in [0.4, 0.5) is 5.69 Å². The van der Waals surface area contributed by atoms with Crippen molar-refractivity contribution in [3.05, 3.63) is 101 Å². The van der Waals surface area contributed by atoms with Gasteiger partial charge in [-0.25, -0.2) is 9.37 Å². The van der Waals surface area contributed by atoms with E-state index in [1.807, 2.05) is 80.1 Å². The first kappa shape index (κ1) is 36.4. The molecule has 0 atom stereocenters. The molecule has 0 spiro atoms. The molecule has 0 saturated carbocycles. The van der Waals surface area contributed by atoms with Gasteiger partial charge in [0.2, 0.25) is 17.7 Å². The van der Waals surface area contributed by atoms with Crippen molar-refractivity contribution in [1.29, 1.82) is 0 Å². The van der Waals surface area contributed by atoms with E-state index in [2.05, 4.69) is 10.6 Å². The van der Waals surface area contributed by atoms with E-state index in [1.165, 1.54) is 16.7 Å². The molecule has 3 aromatic carbocycles. The van der Waals surface area contributed by atoms with Gasteiger partial charge in [-0.05, 0) is 79.1 Å². The highest BCUT2D eigenvalue weighted by Crippen LogP contribution is 2.42. The van der Waals surface area contributed by atoms with Gasteiger partial charge in [-0.3, -0.25) is 19.0 Å². The SMILES string of the molecule is COc1ccc2c(c1)c(CC(=O)NCCCNC(=O)c1ccc(C(=O)O)c(-c3c4ccc(=[N+](C)C)cc-4oc4cc(N(C)C)ccc34)c1)c(C)n2C=O. The van der Waals surface area contributed by atoms with E-state index in [0.29, 0.717) is 68.9 Å². The van der Waals surface area contributed by atoms with Crippen LogP contribution in [0.1, 0.15) is 38.4 Å². The van der Waals surface area contributed by atoms with Gasteiger partial charge in [0.1, 0.15) is 31.2 Å². The van der Waals surface area contributed by atoms with E-state index < -0.39 is 5.97 Å². The lowest BCUT2D eigenvalue weighted by Gasteiger charge is -2.19. The number of benzene rings is 4. The first-order valence-electron chi connectivity index (χ1n) is 17.2. The molecule has 0 unspecified atom stereocenters. The van der Waals surface area contributed by atoms with Crippen LogP contribution in [0.25, 0.3) is 44.3 Å². The van der Waals surface area contributed by atoms with Crippen molar-refractivity contribution in [2.75, 3.05) is 53.3 Å². The summed E-state index contributed by atoms with van der Waals surface area (Å²) in [5, 5.41) is 18.5. The highest BCUT2D eigenvalue weighted by Gasteiger charge is 2.24. The van der Waals surface area contributed by atoms with Crippen molar-refractivity contribution in [1.82, 2.24) is 19.8 Å². The Bertz CT molecular complexity index is 2450. The van der Waals surface area contributed by atoms with E-state index in [9.17, 15) is 24.3 Å². The molecule has 53 heavy (non-hydrogen) atoms. The lowest BCUT2D eigenvalue weighted by atomic mass is 9.89. The van der Waals surface area contributed by atoms with Gasteiger partial charge in [-0.15, -0.1) is 0 Å². The van der Waals surface area contributed by atoms with Crippen molar-refractivity contribution in [3.63, 3.8) is 0 Å². The van der Waals surface area contributed by atoms with E-state index in [-0.39, 0.29) is 30.3 Å². The molecular weight excluding hydrogens is 674 g/mol. The van der Waals surface area contributed by atoms with Gasteiger partial charge in [-0.2, -0.15) is 0 Å². The van der Waals surface area contributed by atoms with E-state index in [4.69, 9.17) is 9.15 Å². The molecule has 3 N–H and O–H groups in total. The summed E-state index contributed by atoms with van der Waals surface area (Å²) in [6, 6.07) is 21.5. The fourth-order valence-electron chi connectivity index (χ4n) is 6.61. The summed E-state index contributed by atoms with van der Waals surface area (Å²) >= 11 is 0. The number of amides is 2. The number of rotatable bonds is 12. The average Bonchev–Trinajstić information content (AvgIpc) is 3.41. The summed E-state index contributed by atoms with van der Waals surface area (Å²) < 4.78 is 15.2. The van der Waals surface area contributed by atoms with Crippen LogP contribution < -0.4 is 30.2 Å². The molecule has 1 aliphatic heterocycles. The molecule has 0 fully saturated rings. The topological polar surface area (TPSA) is 146 Å². The minimum Gasteiger partial charge on any atom is -0.497 e. The highest BCUT2D eigenvalue weighted by molar-refractivity contribution is 6.09. The van der Waals surface area contributed by atoms with Crippen LogP contribution in [0.5, 0.6) is 5.75 Å². The molecule has 0 bridgehead atoms. The molecule has 12 nitrogen and oxygen atoms in total. The van der Waals surface area contributed by atoms with Crippen molar-refractivity contribution in [2.24, 2.45) is 0 Å². The number of carbonyl (C=O) groups is 4. The number of carbonyl (C=O) groups excluding carboxylic acids is 3. The number of hydrogen-bond donors (Lipinski definition) is 3. The Morgan fingerprint density at radius 3 is 2.40 bits per heavy atom. The molecule has 1 aromatic heterocycles. The summed E-state index contributed by atoms with van der Waals surface area (Å²) in [7, 11) is 9.29. The summed E-state index contributed by atoms with van der Waals surface area (Å²) in [6.07, 6.45) is 1.26. The lowest BCUT2D eigenvalue weighted by Crippen LogP contribution is -2.30. The average molecular weight is 717 g/mol. The van der Waals surface area contributed by atoms with Crippen LogP contribution in [0.15, 0.2) is 77.2 Å². The third-order valence-electron chi connectivity index (χ3n) is 9.49. The molecule has 1 aliphatic carbocycles. The second-order valence-electron chi connectivity index (χ2n) is 13.3. The molecular formula is C41H42N5O7+. The number of carboxylic acids is 1. The molecule has 2 amide bonds. The smallest absolute Gasteiger partial charge is 0.336 e. The molecule has 272 valence electrons. The Morgan fingerprint density at radius 1 is 0.925 bits per heavy atom. The summed E-state index contributed by atoms with van der Waals surface area (Å²) in [4.78, 5) is 52.7. The zero-order chi connectivity index (χ0) is 38.0. The maximum atomic E-state index is 13.4. The maximum absolute atomic E-state index is 13.4. The van der Waals surface area contributed by atoms with Crippen molar-refractivity contribution >= 4 is 51.8 Å². The monoisotopic (exact) mass is 716 g/mol. The van der Waals surface area contributed by atoms with Gasteiger partial charge in [0, 0.05) is 78.2 Å². The van der Waals surface area contributed by atoms with Crippen LogP contribution in [0.2, 0.25) is 0 Å². The van der Waals surface area contributed by atoms with Crippen LogP contribution in [-0.2, 0) is 16.0 Å². The molecule has 12 heteroatoms. The number of aromatic nitrogens is 1. The van der Waals surface area contributed by atoms with Crippen molar-refractivity contribution < 1.29 is 33.4 Å². The third-order valence-corrected chi connectivity index (χ3v) is 9.49. The maximum Gasteiger partial charge on any atom is 0.336 e. The molecule has 4 aromatic rings. The Labute approximate surface area is 306 Å². The fraction of sp³-hybridized carbons (Fsp3) is 0.244. The summed E-state index contributed by atoms with van der Waals surface area (Å²) in [5.41, 5.74) is 5.71. The number of nitrogens with one attached hydrogen (secondary N) is 2. The summed E-state index contributed by atoms with van der Waals surface area (Å²) in [6.45, 7) is 2.38. The minimum atomic E-state index is -1.12. The molecule has 6 rings (SSSR count). The number of nitrogens with zero attached hydrogens (tertiary/aromatic N) is 3. The van der Waals surface area contributed by atoms with Crippen molar-refractivity contribution in [3.8, 4) is 28.2 Å². The van der Waals surface area contributed by atoms with E-state index in [1.54, 1.807) is 32.2 Å². The first-order valence-corrected chi connectivity index (χ1v) is 17.2. The molecule has 2 heterocycles. The van der Waals surface area contributed by atoms with Crippen LogP contribution in [0.3, 0.4) is 0 Å².